The topological polar surface area (TPSA) is 66.0 Å². The summed E-state index contributed by atoms with van der Waals surface area (Å²) in [6.07, 6.45) is -4.65. The zero-order valence-electron chi connectivity index (χ0n) is 10.8. The number of rotatable bonds is 2. The van der Waals surface area contributed by atoms with Gasteiger partial charge in [0.25, 0.3) is 0 Å². The first-order chi connectivity index (χ1) is 9.75. The van der Waals surface area contributed by atoms with Crippen LogP contribution < -0.4 is 0 Å². The van der Waals surface area contributed by atoms with Crippen LogP contribution in [0.4, 0.5) is 13.2 Å². The van der Waals surface area contributed by atoms with E-state index in [0.29, 0.717) is 6.07 Å². The summed E-state index contributed by atoms with van der Waals surface area (Å²) in [5.41, 5.74) is -1.34. The van der Waals surface area contributed by atoms with Gasteiger partial charge in [-0.15, -0.1) is 0 Å². The molecule has 0 saturated heterocycles. The molecule has 0 bridgehead atoms. The Morgan fingerprint density at radius 3 is 2.52 bits per heavy atom. The van der Waals surface area contributed by atoms with Crippen molar-refractivity contribution in [3.8, 4) is 11.8 Å². The van der Waals surface area contributed by atoms with E-state index in [0.717, 1.165) is 4.57 Å². The molecular weight excluding hydrogens is 285 g/mol. The second-order valence-electron chi connectivity index (χ2n) is 4.33. The maximum atomic E-state index is 12.9. The van der Waals surface area contributed by atoms with Gasteiger partial charge in [-0.3, -0.25) is 0 Å². The van der Waals surface area contributed by atoms with Gasteiger partial charge in [-0.05, 0) is 31.2 Å². The molecule has 0 spiro atoms. The molecule has 0 aliphatic heterocycles. The molecule has 0 atom stereocenters. The van der Waals surface area contributed by atoms with Crippen molar-refractivity contribution in [2.45, 2.75) is 13.1 Å². The molecule has 0 unspecified atom stereocenters. The first kappa shape index (κ1) is 14.7. The molecule has 4 nitrogen and oxygen atoms in total. The monoisotopic (exact) mass is 294 g/mol. The fourth-order valence-electron chi connectivity index (χ4n) is 2.10. The number of nitriles is 1. The fraction of sp³-hybridized carbons (Fsp3) is 0.143. The zero-order valence-corrected chi connectivity index (χ0v) is 10.8. The number of carboxylic acid groups (broad SMARTS) is 1. The van der Waals surface area contributed by atoms with E-state index < -0.39 is 23.4 Å². The third-order valence-electron chi connectivity index (χ3n) is 3.01. The van der Waals surface area contributed by atoms with E-state index >= 15 is 0 Å². The number of carboxylic acids is 1. The minimum absolute atomic E-state index is 0.194. The molecule has 21 heavy (non-hydrogen) atoms. The quantitative estimate of drug-likeness (QED) is 0.923. The largest absolute Gasteiger partial charge is 0.477 e. The van der Waals surface area contributed by atoms with Gasteiger partial charge < -0.3 is 9.67 Å². The Morgan fingerprint density at radius 1 is 1.33 bits per heavy atom. The van der Waals surface area contributed by atoms with E-state index in [9.17, 15) is 18.0 Å². The van der Waals surface area contributed by atoms with E-state index in [1.165, 1.54) is 31.2 Å². The third kappa shape index (κ3) is 2.60. The van der Waals surface area contributed by atoms with Crippen LogP contribution in [0, 0.1) is 18.3 Å². The molecule has 0 saturated carbocycles. The normalized spacial score (nSPS) is 11.2. The number of alkyl halides is 3. The van der Waals surface area contributed by atoms with Crippen molar-refractivity contribution >= 4 is 5.97 Å². The Hall–Kier alpha value is -2.75. The Morgan fingerprint density at radius 2 is 2.00 bits per heavy atom. The fourth-order valence-corrected chi connectivity index (χ4v) is 2.10. The highest BCUT2D eigenvalue weighted by molar-refractivity contribution is 5.87. The van der Waals surface area contributed by atoms with Crippen molar-refractivity contribution in [3.63, 3.8) is 0 Å². The van der Waals surface area contributed by atoms with Crippen LogP contribution in [0.3, 0.4) is 0 Å². The number of hydrogen-bond acceptors (Lipinski definition) is 2. The Kier molecular flexibility index (Phi) is 3.47. The van der Waals surface area contributed by atoms with Crippen LogP contribution in [0.5, 0.6) is 0 Å². The van der Waals surface area contributed by atoms with Crippen LogP contribution in [-0.4, -0.2) is 15.6 Å². The average Bonchev–Trinajstić information content (AvgIpc) is 2.76. The van der Waals surface area contributed by atoms with Crippen LogP contribution in [0.2, 0.25) is 0 Å². The second-order valence-corrected chi connectivity index (χ2v) is 4.33. The van der Waals surface area contributed by atoms with Crippen molar-refractivity contribution in [2.75, 3.05) is 0 Å². The predicted molar refractivity (Wildman–Crippen MR) is 67.2 cm³/mol. The molecule has 0 aliphatic carbocycles. The summed E-state index contributed by atoms with van der Waals surface area (Å²) in [7, 11) is 0. The molecule has 0 radical (unpaired) electrons. The van der Waals surface area contributed by atoms with Gasteiger partial charge in [0.05, 0.1) is 17.2 Å². The van der Waals surface area contributed by atoms with Crippen molar-refractivity contribution in [1.82, 2.24) is 4.57 Å². The summed E-state index contributed by atoms with van der Waals surface area (Å²) in [5, 5.41) is 17.9. The standard InChI is InChI=1S/C14H9F3N2O2/c1-8-11(14(15,16)17)6-12(13(20)21)19(8)10-4-2-3-9(5-10)7-18/h2-6H,1H3,(H,20,21). The lowest BCUT2D eigenvalue weighted by molar-refractivity contribution is -0.138. The maximum Gasteiger partial charge on any atom is 0.418 e. The van der Waals surface area contributed by atoms with Crippen LogP contribution in [-0.2, 0) is 6.18 Å². The third-order valence-corrected chi connectivity index (χ3v) is 3.01. The Labute approximate surface area is 117 Å². The van der Waals surface area contributed by atoms with Gasteiger partial charge in [-0.2, -0.15) is 18.4 Å². The minimum atomic E-state index is -4.65. The summed E-state index contributed by atoms with van der Waals surface area (Å²) in [5.74, 6) is -1.48. The van der Waals surface area contributed by atoms with Gasteiger partial charge >= 0.3 is 12.1 Å². The lowest BCUT2D eigenvalue weighted by atomic mass is 10.2. The first-order valence-electron chi connectivity index (χ1n) is 5.79. The number of benzene rings is 1. The minimum Gasteiger partial charge on any atom is -0.477 e. The van der Waals surface area contributed by atoms with Crippen LogP contribution in [0.15, 0.2) is 30.3 Å². The van der Waals surface area contributed by atoms with E-state index in [1.54, 1.807) is 0 Å². The van der Waals surface area contributed by atoms with Crippen LogP contribution in [0.25, 0.3) is 5.69 Å². The molecule has 108 valence electrons. The van der Waals surface area contributed by atoms with E-state index in [4.69, 9.17) is 10.4 Å². The molecule has 1 aromatic heterocycles. The van der Waals surface area contributed by atoms with Crippen molar-refractivity contribution < 1.29 is 23.1 Å². The van der Waals surface area contributed by atoms with E-state index in [2.05, 4.69) is 0 Å². The second kappa shape index (κ2) is 4.98. The molecule has 1 N–H and O–H groups in total. The van der Waals surface area contributed by atoms with Gasteiger partial charge in [0.1, 0.15) is 5.69 Å². The Bertz CT molecular complexity index is 755. The highest BCUT2D eigenvalue weighted by Gasteiger charge is 2.36. The van der Waals surface area contributed by atoms with Crippen LogP contribution in [0.1, 0.15) is 27.3 Å². The number of hydrogen-bond donors (Lipinski definition) is 1. The lowest BCUT2D eigenvalue weighted by Gasteiger charge is -2.11. The molecule has 0 amide bonds. The number of aromatic carboxylic acids is 1. The molecule has 2 rings (SSSR count). The van der Waals surface area contributed by atoms with Crippen LogP contribution >= 0.6 is 0 Å². The molecular formula is C14H9F3N2O2. The van der Waals surface area contributed by atoms with Gasteiger partial charge in [0.2, 0.25) is 0 Å². The lowest BCUT2D eigenvalue weighted by Crippen LogP contribution is -2.09. The zero-order chi connectivity index (χ0) is 15.8. The summed E-state index contributed by atoms with van der Waals surface area (Å²) < 4.78 is 39.7. The average molecular weight is 294 g/mol. The van der Waals surface area contributed by atoms with Crippen molar-refractivity contribution in [1.29, 1.82) is 5.26 Å². The molecule has 0 fully saturated rings. The van der Waals surface area contributed by atoms with E-state index in [-0.39, 0.29) is 16.9 Å². The van der Waals surface area contributed by atoms with Crippen molar-refractivity contribution in [2.24, 2.45) is 0 Å². The number of halogens is 3. The molecule has 2 aromatic rings. The predicted octanol–water partition coefficient (Wildman–Crippen LogP) is 3.37. The highest BCUT2D eigenvalue weighted by Crippen LogP contribution is 2.35. The molecule has 7 heteroatoms. The van der Waals surface area contributed by atoms with Gasteiger partial charge in [-0.25, -0.2) is 4.79 Å². The maximum absolute atomic E-state index is 12.9. The Balaban J connectivity index is 2.75. The summed E-state index contributed by atoms with van der Waals surface area (Å²) in [6.45, 7) is 1.19. The van der Waals surface area contributed by atoms with Gasteiger partial charge in [0, 0.05) is 11.4 Å². The molecule has 0 aliphatic rings. The summed E-state index contributed by atoms with van der Waals surface area (Å²) in [6, 6.07) is 8.19. The van der Waals surface area contributed by atoms with E-state index in [1.807, 2.05) is 6.07 Å². The first-order valence-corrected chi connectivity index (χ1v) is 5.79. The summed E-state index contributed by atoms with van der Waals surface area (Å²) in [4.78, 5) is 11.2. The number of carbonyl (C=O) groups is 1. The van der Waals surface area contributed by atoms with Crippen molar-refractivity contribution in [3.05, 3.63) is 52.8 Å². The number of aromatic nitrogens is 1. The summed E-state index contributed by atoms with van der Waals surface area (Å²) >= 11 is 0. The molecule has 1 aromatic carbocycles. The number of nitrogens with zero attached hydrogens (tertiary/aromatic N) is 2. The smallest absolute Gasteiger partial charge is 0.418 e. The van der Waals surface area contributed by atoms with Gasteiger partial charge in [-0.1, -0.05) is 6.07 Å². The van der Waals surface area contributed by atoms with Gasteiger partial charge in [0.15, 0.2) is 0 Å². The SMILES string of the molecule is Cc1c(C(F)(F)F)cc(C(=O)O)n1-c1cccc(C#N)c1. The molecule has 1 heterocycles. The highest BCUT2D eigenvalue weighted by atomic mass is 19.4.